The molecule has 2 aromatic carbocycles. The van der Waals surface area contributed by atoms with E-state index in [1.54, 1.807) is 20.3 Å². The van der Waals surface area contributed by atoms with Crippen LogP contribution >= 0.6 is 11.6 Å². The van der Waals surface area contributed by atoms with Gasteiger partial charge in [0.15, 0.2) is 5.82 Å². The van der Waals surface area contributed by atoms with Crippen molar-refractivity contribution in [2.45, 2.75) is 6.92 Å². The van der Waals surface area contributed by atoms with E-state index in [0.29, 0.717) is 22.5 Å². The number of rotatable bonds is 6. The molecule has 7 nitrogen and oxygen atoms in total. The Morgan fingerprint density at radius 3 is 2.65 bits per heavy atom. The number of nitrogens with zero attached hydrogens (tertiary/aromatic N) is 3. The summed E-state index contributed by atoms with van der Waals surface area (Å²) >= 11 is 6.14. The molecule has 0 aliphatic rings. The average Bonchev–Trinajstić information content (AvgIpc) is 2.65. The number of nitrogens with one attached hydrogen (secondary N) is 2. The van der Waals surface area contributed by atoms with Crippen LogP contribution in [0.1, 0.15) is 5.56 Å². The highest BCUT2D eigenvalue weighted by atomic mass is 35.5. The van der Waals surface area contributed by atoms with Gasteiger partial charge in [-0.3, -0.25) is 0 Å². The van der Waals surface area contributed by atoms with E-state index in [1.807, 2.05) is 37.3 Å². The minimum Gasteiger partial charge on any atom is -0.497 e. The molecule has 134 valence electrons. The summed E-state index contributed by atoms with van der Waals surface area (Å²) in [6, 6.07) is 11.1. The molecule has 3 rings (SSSR count). The van der Waals surface area contributed by atoms with E-state index in [-0.39, 0.29) is 0 Å². The van der Waals surface area contributed by atoms with Crippen LogP contribution in [0.25, 0.3) is 0 Å². The van der Waals surface area contributed by atoms with Crippen molar-refractivity contribution in [1.82, 2.24) is 15.2 Å². The molecule has 0 saturated carbocycles. The highest BCUT2D eigenvalue weighted by molar-refractivity contribution is 6.31. The zero-order valence-electron chi connectivity index (χ0n) is 14.6. The molecule has 26 heavy (non-hydrogen) atoms. The topological polar surface area (TPSA) is 81.2 Å². The highest BCUT2D eigenvalue weighted by Crippen LogP contribution is 2.32. The zero-order chi connectivity index (χ0) is 18.5. The van der Waals surface area contributed by atoms with Gasteiger partial charge >= 0.3 is 0 Å². The first kappa shape index (κ1) is 17.8. The number of aromatic nitrogens is 3. The van der Waals surface area contributed by atoms with Crippen LogP contribution in [0.4, 0.5) is 23.1 Å². The fourth-order valence-corrected chi connectivity index (χ4v) is 2.47. The third-order valence-corrected chi connectivity index (χ3v) is 4.04. The van der Waals surface area contributed by atoms with Gasteiger partial charge in [-0.2, -0.15) is 10.1 Å². The lowest BCUT2D eigenvalue weighted by molar-refractivity contribution is 0.415. The van der Waals surface area contributed by atoms with Gasteiger partial charge in [0.1, 0.15) is 11.5 Å². The molecule has 0 fully saturated rings. The molecule has 0 aliphatic carbocycles. The zero-order valence-corrected chi connectivity index (χ0v) is 15.3. The van der Waals surface area contributed by atoms with Gasteiger partial charge in [0.25, 0.3) is 0 Å². The minimum atomic E-state index is 0.355. The predicted molar refractivity (Wildman–Crippen MR) is 102 cm³/mol. The Bertz CT molecular complexity index is 920. The normalized spacial score (nSPS) is 10.3. The largest absolute Gasteiger partial charge is 0.497 e. The van der Waals surface area contributed by atoms with Crippen molar-refractivity contribution in [1.29, 1.82) is 0 Å². The van der Waals surface area contributed by atoms with Crippen molar-refractivity contribution in [2.75, 3.05) is 24.9 Å². The molecule has 2 N–H and O–H groups in total. The monoisotopic (exact) mass is 371 g/mol. The van der Waals surface area contributed by atoms with Crippen LogP contribution in [0.15, 0.2) is 42.6 Å². The van der Waals surface area contributed by atoms with Gasteiger partial charge in [-0.25, -0.2) is 0 Å². The summed E-state index contributed by atoms with van der Waals surface area (Å²) in [5.41, 5.74) is 2.46. The molecule has 8 heteroatoms. The molecule has 3 aromatic rings. The highest BCUT2D eigenvalue weighted by Gasteiger charge is 2.09. The lowest BCUT2D eigenvalue weighted by Gasteiger charge is -2.13. The Kier molecular flexibility index (Phi) is 5.38. The van der Waals surface area contributed by atoms with E-state index in [9.17, 15) is 0 Å². The second-order valence-corrected chi connectivity index (χ2v) is 5.86. The van der Waals surface area contributed by atoms with Gasteiger partial charge in [-0.1, -0.05) is 17.7 Å². The maximum Gasteiger partial charge on any atom is 0.249 e. The maximum absolute atomic E-state index is 6.14. The SMILES string of the molecule is COc1cccc(Nc2nncc(Nc3cc(C)c(Cl)cc3OC)n2)c1. The van der Waals surface area contributed by atoms with Crippen molar-refractivity contribution in [3.05, 3.63) is 53.2 Å². The Hall–Kier alpha value is -3.06. The lowest BCUT2D eigenvalue weighted by atomic mass is 10.2. The Morgan fingerprint density at radius 2 is 1.88 bits per heavy atom. The smallest absolute Gasteiger partial charge is 0.249 e. The van der Waals surface area contributed by atoms with Crippen molar-refractivity contribution < 1.29 is 9.47 Å². The van der Waals surface area contributed by atoms with Gasteiger partial charge in [-0.15, -0.1) is 5.10 Å². The van der Waals surface area contributed by atoms with E-state index in [0.717, 1.165) is 22.7 Å². The number of anilines is 4. The second kappa shape index (κ2) is 7.88. The van der Waals surface area contributed by atoms with E-state index in [4.69, 9.17) is 21.1 Å². The van der Waals surface area contributed by atoms with Gasteiger partial charge in [0.05, 0.1) is 26.1 Å². The summed E-state index contributed by atoms with van der Waals surface area (Å²) in [6.45, 7) is 1.92. The Morgan fingerprint density at radius 1 is 1.04 bits per heavy atom. The van der Waals surface area contributed by atoms with Crippen LogP contribution in [-0.4, -0.2) is 29.4 Å². The van der Waals surface area contributed by atoms with Gasteiger partial charge in [0.2, 0.25) is 5.95 Å². The van der Waals surface area contributed by atoms with Crippen molar-refractivity contribution in [2.24, 2.45) is 0 Å². The third kappa shape index (κ3) is 4.12. The standard InChI is InChI=1S/C18H18ClN5O2/c1-11-7-15(16(26-3)9-14(11)19)22-17-10-20-24-18(23-17)21-12-5-4-6-13(8-12)25-2/h4-10H,1-3H3,(H2,21,22,23,24). The molecule has 0 aliphatic heterocycles. The summed E-state index contributed by atoms with van der Waals surface area (Å²) in [7, 11) is 3.20. The molecule has 1 aromatic heterocycles. The fraction of sp³-hybridized carbons (Fsp3) is 0.167. The Labute approximate surface area is 156 Å². The van der Waals surface area contributed by atoms with E-state index < -0.39 is 0 Å². The molecule has 0 unspecified atom stereocenters. The number of ether oxygens (including phenoxy) is 2. The quantitative estimate of drug-likeness (QED) is 0.667. The molecule has 0 amide bonds. The second-order valence-electron chi connectivity index (χ2n) is 5.45. The molecule has 0 atom stereocenters. The summed E-state index contributed by atoms with van der Waals surface area (Å²) in [6.07, 6.45) is 1.53. The van der Waals surface area contributed by atoms with Gasteiger partial charge in [0, 0.05) is 22.8 Å². The number of halogens is 1. The van der Waals surface area contributed by atoms with Crippen LogP contribution in [0.3, 0.4) is 0 Å². The summed E-state index contributed by atoms with van der Waals surface area (Å²) in [5.74, 6) is 2.22. The van der Waals surface area contributed by atoms with E-state index in [2.05, 4.69) is 25.8 Å². The maximum atomic E-state index is 6.14. The summed E-state index contributed by atoms with van der Waals surface area (Å²) in [5, 5.41) is 14.9. The van der Waals surface area contributed by atoms with E-state index in [1.165, 1.54) is 6.20 Å². The number of hydrogen-bond acceptors (Lipinski definition) is 7. The average molecular weight is 372 g/mol. The number of benzene rings is 2. The molecule has 1 heterocycles. The summed E-state index contributed by atoms with van der Waals surface area (Å²) < 4.78 is 10.6. The van der Waals surface area contributed by atoms with Crippen molar-refractivity contribution >= 4 is 34.7 Å². The molecule has 0 bridgehead atoms. The van der Waals surface area contributed by atoms with Crippen LogP contribution in [0, 0.1) is 6.92 Å². The van der Waals surface area contributed by atoms with Crippen molar-refractivity contribution in [3.8, 4) is 11.5 Å². The molecule has 0 spiro atoms. The molecular weight excluding hydrogens is 354 g/mol. The molecule has 0 saturated heterocycles. The minimum absolute atomic E-state index is 0.355. The summed E-state index contributed by atoms with van der Waals surface area (Å²) in [4.78, 5) is 4.42. The van der Waals surface area contributed by atoms with Crippen LogP contribution in [0.2, 0.25) is 5.02 Å². The first-order chi connectivity index (χ1) is 12.6. The number of methoxy groups -OCH3 is 2. The number of aryl methyl sites for hydroxylation is 1. The number of hydrogen-bond donors (Lipinski definition) is 2. The lowest BCUT2D eigenvalue weighted by Crippen LogP contribution is -2.03. The molecular formula is C18H18ClN5O2. The Balaban J connectivity index is 1.82. The third-order valence-electron chi connectivity index (χ3n) is 3.63. The predicted octanol–water partition coefficient (Wildman–Crippen LogP) is 4.34. The van der Waals surface area contributed by atoms with E-state index >= 15 is 0 Å². The fourth-order valence-electron chi connectivity index (χ4n) is 2.31. The van der Waals surface area contributed by atoms with Crippen LogP contribution < -0.4 is 20.1 Å². The molecule has 0 radical (unpaired) electrons. The van der Waals surface area contributed by atoms with Crippen molar-refractivity contribution in [3.63, 3.8) is 0 Å². The first-order valence-corrected chi connectivity index (χ1v) is 8.19. The van der Waals surface area contributed by atoms with Gasteiger partial charge in [-0.05, 0) is 30.7 Å². The van der Waals surface area contributed by atoms with Crippen LogP contribution in [0.5, 0.6) is 11.5 Å². The first-order valence-electron chi connectivity index (χ1n) is 7.81. The van der Waals surface area contributed by atoms with Crippen LogP contribution in [-0.2, 0) is 0 Å². The van der Waals surface area contributed by atoms with Gasteiger partial charge < -0.3 is 20.1 Å².